The fourth-order valence-electron chi connectivity index (χ4n) is 1.70. The van der Waals surface area contributed by atoms with Gasteiger partial charge in [0.25, 0.3) is 0 Å². The highest BCUT2D eigenvalue weighted by Gasteiger charge is 2.26. The van der Waals surface area contributed by atoms with E-state index >= 15 is 0 Å². The molecule has 0 saturated carbocycles. The highest BCUT2D eigenvalue weighted by molar-refractivity contribution is 8.01. The zero-order valence-corrected chi connectivity index (χ0v) is 14.8. The molecule has 0 spiro atoms. The van der Waals surface area contributed by atoms with Gasteiger partial charge in [-0.05, 0) is 25.5 Å². The van der Waals surface area contributed by atoms with E-state index in [0.29, 0.717) is 14.9 Å². The molecular weight excluding hydrogens is 342 g/mol. The van der Waals surface area contributed by atoms with Crippen LogP contribution in [0.25, 0.3) is 0 Å². The summed E-state index contributed by atoms with van der Waals surface area (Å²) < 4.78 is 5.57. The third-order valence-electron chi connectivity index (χ3n) is 2.64. The number of benzene rings is 1. The largest absolute Gasteiger partial charge is 0.468 e. The van der Waals surface area contributed by atoms with Gasteiger partial charge in [-0.2, -0.15) is 0 Å². The van der Waals surface area contributed by atoms with Crippen LogP contribution in [0, 0.1) is 0 Å². The predicted molar refractivity (Wildman–Crippen MR) is 90.7 cm³/mol. The smallest absolute Gasteiger partial charge is 0.323 e. The molecular formula is C14H16ClN3O2S2. The fraction of sp³-hybridized carbons (Fsp3) is 0.357. The Morgan fingerprint density at radius 2 is 2.09 bits per heavy atom. The van der Waals surface area contributed by atoms with Crippen molar-refractivity contribution in [2.45, 2.75) is 29.5 Å². The molecule has 2 rings (SSSR count). The molecule has 1 aromatic carbocycles. The zero-order chi connectivity index (χ0) is 16.1. The van der Waals surface area contributed by atoms with Crippen LogP contribution in [0.2, 0.25) is 5.02 Å². The maximum atomic E-state index is 12.1. The molecule has 1 N–H and O–H groups in total. The first kappa shape index (κ1) is 17.1. The van der Waals surface area contributed by atoms with Crippen LogP contribution in [-0.2, 0) is 9.53 Å². The molecule has 0 fully saturated rings. The molecule has 2 aromatic rings. The lowest BCUT2D eigenvalue weighted by Gasteiger charge is -2.14. The first-order chi connectivity index (χ1) is 10.5. The molecule has 0 aliphatic rings. The summed E-state index contributed by atoms with van der Waals surface area (Å²) in [5.41, 5.74) is 0.703. The zero-order valence-electron chi connectivity index (χ0n) is 12.4. The highest BCUT2D eigenvalue weighted by atomic mass is 35.5. The number of hydrogen-bond donors (Lipinski definition) is 1. The van der Waals surface area contributed by atoms with Crippen molar-refractivity contribution < 1.29 is 9.53 Å². The van der Waals surface area contributed by atoms with Crippen molar-refractivity contribution in [2.24, 2.45) is 0 Å². The number of halogens is 1. The number of esters is 1. The summed E-state index contributed by atoms with van der Waals surface area (Å²) in [4.78, 5) is 12.1. The molecule has 1 unspecified atom stereocenters. The Balaban J connectivity index is 2.22. The first-order valence-electron chi connectivity index (χ1n) is 6.60. The van der Waals surface area contributed by atoms with Crippen molar-refractivity contribution in [3.63, 3.8) is 0 Å². The molecule has 0 radical (unpaired) electrons. The molecule has 0 aliphatic carbocycles. The van der Waals surface area contributed by atoms with E-state index in [9.17, 15) is 4.79 Å². The van der Waals surface area contributed by atoms with Crippen LogP contribution in [0.1, 0.15) is 24.7 Å². The van der Waals surface area contributed by atoms with Crippen molar-refractivity contribution >= 4 is 45.8 Å². The average Bonchev–Trinajstić information content (AvgIpc) is 2.91. The number of carbonyl (C=O) groups is 1. The van der Waals surface area contributed by atoms with E-state index in [2.05, 4.69) is 15.5 Å². The van der Waals surface area contributed by atoms with E-state index in [4.69, 9.17) is 16.3 Å². The summed E-state index contributed by atoms with van der Waals surface area (Å²) in [5, 5.41) is 12.0. The lowest BCUT2D eigenvalue weighted by molar-refractivity contribution is -0.140. The number of methoxy groups -OCH3 is 1. The summed E-state index contributed by atoms with van der Waals surface area (Å²) in [6.45, 7) is 4.05. The van der Waals surface area contributed by atoms with Gasteiger partial charge in [-0.25, -0.2) is 0 Å². The SMILES string of the molecule is COC(=O)C(Sc1nnc(NC(C)C)s1)c1ccccc1Cl. The van der Waals surface area contributed by atoms with Gasteiger partial charge < -0.3 is 10.1 Å². The molecule has 0 saturated heterocycles. The number of nitrogens with zero attached hydrogens (tertiary/aromatic N) is 2. The van der Waals surface area contributed by atoms with Crippen LogP contribution < -0.4 is 5.32 Å². The van der Waals surface area contributed by atoms with Crippen LogP contribution in [0.3, 0.4) is 0 Å². The lowest BCUT2D eigenvalue weighted by atomic mass is 10.1. The Bertz CT molecular complexity index is 649. The van der Waals surface area contributed by atoms with Crippen molar-refractivity contribution in [3.8, 4) is 0 Å². The molecule has 5 nitrogen and oxygen atoms in total. The van der Waals surface area contributed by atoms with Gasteiger partial charge in [-0.1, -0.05) is 52.9 Å². The Labute approximate surface area is 142 Å². The normalized spacial score (nSPS) is 12.2. The number of anilines is 1. The minimum absolute atomic E-state index is 0.269. The molecule has 22 heavy (non-hydrogen) atoms. The fourth-order valence-corrected chi connectivity index (χ4v) is 4.16. The van der Waals surface area contributed by atoms with Crippen LogP contribution >= 0.6 is 34.7 Å². The Hall–Kier alpha value is -1.31. The summed E-state index contributed by atoms with van der Waals surface area (Å²) in [6.07, 6.45) is 0. The van der Waals surface area contributed by atoms with Gasteiger partial charge in [-0.15, -0.1) is 10.2 Å². The molecule has 1 atom stereocenters. The monoisotopic (exact) mass is 357 g/mol. The second-order valence-electron chi connectivity index (χ2n) is 4.71. The minimum Gasteiger partial charge on any atom is -0.468 e. The summed E-state index contributed by atoms with van der Waals surface area (Å²) in [7, 11) is 1.36. The number of aromatic nitrogens is 2. The van der Waals surface area contributed by atoms with E-state index in [1.54, 1.807) is 6.07 Å². The van der Waals surface area contributed by atoms with E-state index in [1.165, 1.54) is 30.2 Å². The topological polar surface area (TPSA) is 64.1 Å². The number of nitrogens with one attached hydrogen (secondary N) is 1. The van der Waals surface area contributed by atoms with Gasteiger partial charge in [0, 0.05) is 11.1 Å². The molecule has 0 amide bonds. The van der Waals surface area contributed by atoms with Crippen LogP contribution in [0.15, 0.2) is 28.6 Å². The first-order valence-corrected chi connectivity index (χ1v) is 8.67. The van der Waals surface area contributed by atoms with Gasteiger partial charge in [0.15, 0.2) is 4.34 Å². The second-order valence-corrected chi connectivity index (χ2v) is 7.45. The molecule has 1 heterocycles. The molecule has 8 heteroatoms. The third kappa shape index (κ3) is 4.34. The molecule has 0 bridgehead atoms. The Kier molecular flexibility index (Phi) is 6.05. The van der Waals surface area contributed by atoms with E-state index < -0.39 is 5.25 Å². The number of thioether (sulfide) groups is 1. The molecule has 118 valence electrons. The summed E-state index contributed by atoms with van der Waals surface area (Å²) >= 11 is 8.87. The van der Waals surface area contributed by atoms with E-state index in [-0.39, 0.29) is 12.0 Å². The van der Waals surface area contributed by atoms with Crippen molar-refractivity contribution in [2.75, 3.05) is 12.4 Å². The van der Waals surface area contributed by atoms with Gasteiger partial charge in [-0.3, -0.25) is 4.79 Å². The van der Waals surface area contributed by atoms with Crippen molar-refractivity contribution in [1.82, 2.24) is 10.2 Å². The number of rotatable bonds is 6. The second kappa shape index (κ2) is 7.80. The van der Waals surface area contributed by atoms with Crippen LogP contribution in [0.5, 0.6) is 0 Å². The van der Waals surface area contributed by atoms with E-state index in [0.717, 1.165) is 5.13 Å². The van der Waals surface area contributed by atoms with Crippen molar-refractivity contribution in [3.05, 3.63) is 34.9 Å². The lowest BCUT2D eigenvalue weighted by Crippen LogP contribution is -2.11. The Morgan fingerprint density at radius 1 is 1.36 bits per heavy atom. The third-order valence-corrected chi connectivity index (χ3v) is 5.14. The number of hydrogen-bond acceptors (Lipinski definition) is 7. The van der Waals surface area contributed by atoms with Crippen molar-refractivity contribution in [1.29, 1.82) is 0 Å². The van der Waals surface area contributed by atoms with Gasteiger partial charge in [0.1, 0.15) is 5.25 Å². The Morgan fingerprint density at radius 3 is 2.73 bits per heavy atom. The summed E-state index contributed by atoms with van der Waals surface area (Å²) in [5.74, 6) is -0.369. The summed E-state index contributed by atoms with van der Waals surface area (Å²) in [6, 6.07) is 7.49. The van der Waals surface area contributed by atoms with Crippen LogP contribution in [-0.4, -0.2) is 29.3 Å². The average molecular weight is 358 g/mol. The maximum Gasteiger partial charge on any atom is 0.323 e. The quantitative estimate of drug-likeness (QED) is 0.622. The van der Waals surface area contributed by atoms with Crippen LogP contribution in [0.4, 0.5) is 5.13 Å². The van der Waals surface area contributed by atoms with Gasteiger partial charge in [0.05, 0.1) is 7.11 Å². The predicted octanol–water partition coefficient (Wildman–Crippen LogP) is 4.02. The van der Waals surface area contributed by atoms with E-state index in [1.807, 2.05) is 32.0 Å². The van der Waals surface area contributed by atoms with Gasteiger partial charge in [0.2, 0.25) is 5.13 Å². The molecule has 0 aliphatic heterocycles. The van der Waals surface area contributed by atoms with Gasteiger partial charge >= 0.3 is 5.97 Å². The number of ether oxygens (including phenoxy) is 1. The standard InChI is InChI=1S/C14H16ClN3O2S2/c1-8(2)16-13-17-18-14(22-13)21-11(12(19)20-3)9-6-4-5-7-10(9)15/h4-8,11H,1-3H3,(H,16,17). The number of carbonyl (C=O) groups excluding carboxylic acids is 1. The maximum absolute atomic E-state index is 12.1. The highest BCUT2D eigenvalue weighted by Crippen LogP contribution is 2.40. The minimum atomic E-state index is -0.571. The molecule has 1 aromatic heterocycles.